The summed E-state index contributed by atoms with van der Waals surface area (Å²) in [5, 5.41) is 7.78. The summed E-state index contributed by atoms with van der Waals surface area (Å²) < 4.78 is -0.486. The number of carbonyl (C=O) groups excluding carboxylic acids is 2. The fourth-order valence-electron chi connectivity index (χ4n) is 0.268. The van der Waals surface area contributed by atoms with Gasteiger partial charge in [-0.05, 0) is 0 Å². The maximum atomic E-state index is 10.3. The number of aldehydes is 1. The average Bonchev–Trinajstić information content (AvgIpc) is 1.87. The minimum atomic E-state index is -0.748. The van der Waals surface area contributed by atoms with Gasteiger partial charge in [0.25, 0.3) is 0 Å². The number of hydrogen-bond acceptors (Lipinski definition) is 4. The molecule has 0 aliphatic rings. The van der Waals surface area contributed by atoms with Gasteiger partial charge in [-0.2, -0.15) is 0 Å². The van der Waals surface area contributed by atoms with E-state index in [2.05, 4.69) is 4.89 Å². The summed E-state index contributed by atoms with van der Waals surface area (Å²) in [5.74, 6) is -0.748. The van der Waals surface area contributed by atoms with Crippen molar-refractivity contribution in [2.75, 3.05) is 0 Å². The molecule has 9 heavy (non-hydrogen) atoms. The van der Waals surface area contributed by atoms with Gasteiger partial charge in [-0.25, -0.2) is 0 Å². The Morgan fingerprint density at radius 1 is 1.89 bits per heavy atom. The first-order chi connectivity index (χ1) is 4.22. The second-order valence-corrected chi connectivity index (χ2v) is 3.11. The van der Waals surface area contributed by atoms with E-state index >= 15 is 0 Å². The predicted octanol–water partition coefficient (Wildman–Crippen LogP) is -0.987. The molecule has 0 spiro atoms. The summed E-state index contributed by atoms with van der Waals surface area (Å²) in [6.07, 6.45) is 0.725. The Kier molecular flexibility index (Phi) is 4.36. The van der Waals surface area contributed by atoms with Crippen LogP contribution in [0.4, 0.5) is 0 Å². The van der Waals surface area contributed by atoms with Gasteiger partial charge in [0.15, 0.2) is 0 Å². The van der Waals surface area contributed by atoms with Crippen molar-refractivity contribution in [3.05, 3.63) is 0 Å². The van der Waals surface area contributed by atoms with E-state index in [1.54, 1.807) is 0 Å². The number of rotatable bonds is 3. The zero-order valence-electron chi connectivity index (χ0n) is 4.61. The van der Waals surface area contributed by atoms with Gasteiger partial charge in [0, 0.05) is 0 Å². The van der Waals surface area contributed by atoms with E-state index in [0.29, 0.717) is 6.29 Å². The van der Waals surface area contributed by atoms with E-state index < -0.39 is 10.7 Å². The second kappa shape index (κ2) is 4.53. The van der Waals surface area contributed by atoms with Crippen LogP contribution >= 0.6 is 0 Å². The molecule has 0 bridgehead atoms. The topological polar surface area (TPSA) is 63.6 Å². The molecule has 0 radical (unpaired) electrons. The van der Waals surface area contributed by atoms with Crippen molar-refractivity contribution in [3.8, 4) is 0 Å². The van der Waals surface area contributed by atoms with Crippen LogP contribution in [0.2, 0.25) is 4.71 Å². The zero-order valence-corrected chi connectivity index (χ0v) is 7.03. The molecular weight excluding hydrogens is 187 g/mol. The Hall–Kier alpha value is -0.342. The van der Waals surface area contributed by atoms with E-state index in [1.807, 2.05) is 0 Å². The maximum absolute atomic E-state index is 10.3. The summed E-state index contributed by atoms with van der Waals surface area (Å²) in [4.78, 5) is 23.4. The first kappa shape index (κ1) is 8.66. The fraction of sp³-hybridized carbons (Fsp3) is 0.500. The average molecular weight is 194 g/mol. The van der Waals surface area contributed by atoms with E-state index in [0.717, 1.165) is 16.9 Å². The molecule has 0 aromatic heterocycles. The molecule has 2 unspecified atom stereocenters. The molecule has 0 aliphatic carbocycles. The van der Waals surface area contributed by atoms with Crippen molar-refractivity contribution < 1.29 is 19.7 Å². The van der Waals surface area contributed by atoms with Crippen LogP contribution in [0.15, 0.2) is 0 Å². The van der Waals surface area contributed by atoms with Crippen LogP contribution in [0, 0.1) is 0 Å². The Morgan fingerprint density at radius 2 is 2.44 bits per heavy atom. The summed E-state index contributed by atoms with van der Waals surface area (Å²) >= 11 is 1.06. The second-order valence-electron chi connectivity index (χ2n) is 1.42. The van der Waals surface area contributed by atoms with Gasteiger partial charge in [-0.1, -0.05) is 0 Å². The molecule has 0 amide bonds. The Bertz CT molecular complexity index is 113. The molecular formula is C4H7AsO4. The van der Waals surface area contributed by atoms with Crippen molar-refractivity contribution in [1.29, 1.82) is 0 Å². The normalized spacial score (nSPS) is 12.2. The van der Waals surface area contributed by atoms with E-state index in [4.69, 9.17) is 5.26 Å². The van der Waals surface area contributed by atoms with Crippen molar-refractivity contribution in [3.63, 3.8) is 0 Å². The van der Waals surface area contributed by atoms with Gasteiger partial charge in [0.2, 0.25) is 0 Å². The molecule has 2 atom stereocenters. The monoisotopic (exact) mass is 194 g/mol. The van der Waals surface area contributed by atoms with Crippen LogP contribution < -0.4 is 0 Å². The third-order valence-electron chi connectivity index (χ3n) is 0.743. The Labute approximate surface area is 60.6 Å². The van der Waals surface area contributed by atoms with Crippen LogP contribution in [0.5, 0.6) is 0 Å². The van der Waals surface area contributed by atoms with Crippen molar-refractivity contribution in [2.24, 2.45) is 0 Å². The molecule has 0 aliphatic heterocycles. The molecule has 0 aromatic rings. The van der Waals surface area contributed by atoms with Crippen LogP contribution in [-0.2, 0) is 14.5 Å². The minimum absolute atomic E-state index is 0.111. The van der Waals surface area contributed by atoms with Crippen LogP contribution in [-0.4, -0.2) is 34.4 Å². The predicted molar refractivity (Wildman–Crippen MR) is 31.7 cm³/mol. The zero-order chi connectivity index (χ0) is 7.28. The first-order valence-corrected chi connectivity index (χ1v) is 3.66. The Balaban J connectivity index is 3.58. The first-order valence-electron chi connectivity index (χ1n) is 2.27. The Morgan fingerprint density at radius 3 is 2.78 bits per heavy atom. The van der Waals surface area contributed by atoms with Crippen molar-refractivity contribution in [1.82, 2.24) is 0 Å². The SMILES string of the molecule is O=CCC([AsH2])C(=O)OO. The van der Waals surface area contributed by atoms with E-state index in [1.165, 1.54) is 0 Å². The van der Waals surface area contributed by atoms with Crippen LogP contribution in [0.1, 0.15) is 6.42 Å². The number of hydrogen-bond donors (Lipinski definition) is 1. The molecule has 0 saturated carbocycles. The number of carbonyl (C=O) groups is 2. The molecule has 5 heteroatoms. The van der Waals surface area contributed by atoms with Gasteiger partial charge in [-0.15, -0.1) is 0 Å². The van der Waals surface area contributed by atoms with Crippen molar-refractivity contribution >= 4 is 29.1 Å². The van der Waals surface area contributed by atoms with Gasteiger partial charge < -0.3 is 0 Å². The summed E-state index contributed by atoms with van der Waals surface area (Å²) in [5.41, 5.74) is 0. The van der Waals surface area contributed by atoms with Crippen molar-refractivity contribution in [2.45, 2.75) is 11.1 Å². The van der Waals surface area contributed by atoms with Gasteiger partial charge in [0.05, 0.1) is 0 Å². The van der Waals surface area contributed by atoms with Gasteiger partial charge in [-0.3, -0.25) is 0 Å². The molecule has 0 saturated heterocycles. The fourth-order valence-corrected chi connectivity index (χ4v) is 0.628. The van der Waals surface area contributed by atoms with Crippen LogP contribution in [0.25, 0.3) is 0 Å². The van der Waals surface area contributed by atoms with E-state index in [-0.39, 0.29) is 6.42 Å². The third-order valence-corrected chi connectivity index (χ3v) is 1.88. The molecule has 1 N–H and O–H groups in total. The quantitative estimate of drug-likeness (QED) is 0.271. The standard InChI is InChI=1S/C4H7AsO4/c5-3(1-2-6)4(7)9-8/h2-3,8H,1,5H2. The summed E-state index contributed by atoms with van der Waals surface area (Å²) in [6.45, 7) is 0. The molecule has 0 aromatic carbocycles. The third kappa shape index (κ3) is 3.27. The molecule has 0 fully saturated rings. The summed E-state index contributed by atoms with van der Waals surface area (Å²) in [7, 11) is 0. The molecule has 0 rings (SSSR count). The summed E-state index contributed by atoms with van der Waals surface area (Å²) in [6, 6.07) is 0. The molecule has 0 heterocycles. The molecule has 52 valence electrons. The van der Waals surface area contributed by atoms with E-state index in [9.17, 15) is 9.59 Å². The van der Waals surface area contributed by atoms with Crippen LogP contribution in [0.3, 0.4) is 0 Å². The molecule has 4 nitrogen and oxygen atoms in total. The van der Waals surface area contributed by atoms with Gasteiger partial charge >= 0.3 is 60.0 Å². The van der Waals surface area contributed by atoms with Gasteiger partial charge in [0.1, 0.15) is 0 Å².